The van der Waals surface area contributed by atoms with Crippen molar-refractivity contribution in [2.45, 2.75) is 38.2 Å². The van der Waals surface area contributed by atoms with E-state index >= 15 is 0 Å². The van der Waals surface area contributed by atoms with Gasteiger partial charge in [0.15, 0.2) is 0 Å². The number of hydrogen-bond donors (Lipinski definition) is 0. The van der Waals surface area contributed by atoms with Crippen LogP contribution in [-0.4, -0.2) is 19.2 Å². The molecule has 0 heterocycles. The second-order valence-electron chi connectivity index (χ2n) is 5.23. The Morgan fingerprint density at radius 3 is 2.45 bits per heavy atom. The average molecular weight is 274 g/mol. The van der Waals surface area contributed by atoms with Gasteiger partial charge in [-0.1, -0.05) is 31.9 Å². The highest BCUT2D eigenvalue weighted by Gasteiger charge is 2.24. The molecule has 108 valence electrons. The topological polar surface area (TPSA) is 35.5 Å². The molecule has 0 N–H and O–H groups in total. The van der Waals surface area contributed by atoms with Crippen LogP contribution in [0.5, 0.6) is 5.75 Å². The van der Waals surface area contributed by atoms with E-state index in [9.17, 15) is 4.79 Å². The first-order chi connectivity index (χ1) is 9.74. The highest BCUT2D eigenvalue weighted by atomic mass is 16.5. The van der Waals surface area contributed by atoms with Crippen molar-refractivity contribution in [3.05, 3.63) is 42.5 Å². The first kappa shape index (κ1) is 14.6. The van der Waals surface area contributed by atoms with Crippen molar-refractivity contribution >= 4 is 5.97 Å². The fourth-order valence-corrected chi connectivity index (χ4v) is 2.72. The molecule has 2 rings (SSSR count). The summed E-state index contributed by atoms with van der Waals surface area (Å²) in [7, 11) is 1.60. The molecular weight excluding hydrogens is 252 g/mol. The first-order valence-electron chi connectivity index (χ1n) is 7.22. The maximum atomic E-state index is 12.1. The lowest BCUT2D eigenvalue weighted by Gasteiger charge is -2.27. The molecule has 1 aromatic carbocycles. The number of hydrogen-bond acceptors (Lipinski definition) is 3. The molecule has 3 nitrogen and oxygen atoms in total. The highest BCUT2D eigenvalue weighted by Crippen LogP contribution is 2.29. The third-order valence-corrected chi connectivity index (χ3v) is 3.92. The third kappa shape index (κ3) is 3.62. The van der Waals surface area contributed by atoms with Crippen LogP contribution in [0.2, 0.25) is 0 Å². The predicted octanol–water partition coefficient (Wildman–Crippen LogP) is 3.99. The summed E-state index contributed by atoms with van der Waals surface area (Å²) in [6.45, 7) is 3.81. The standard InChI is InChI=1S/C17H22O3/c1-3-16(13-7-5-4-6-8-13)20-17(18)14-9-11-15(19-2)12-10-14/h3,9-13,16H,1,4-8H2,2H3/t16-/m1/s1. The number of benzene rings is 1. The Balaban J connectivity index is 1.98. The van der Waals surface area contributed by atoms with E-state index in [1.807, 2.05) is 0 Å². The molecule has 1 aliphatic rings. The quantitative estimate of drug-likeness (QED) is 0.601. The highest BCUT2D eigenvalue weighted by molar-refractivity contribution is 5.89. The zero-order chi connectivity index (χ0) is 14.4. The zero-order valence-electron chi connectivity index (χ0n) is 12.0. The molecule has 1 aliphatic carbocycles. The molecule has 0 aromatic heterocycles. The summed E-state index contributed by atoms with van der Waals surface area (Å²) in [6.07, 6.45) is 7.54. The number of ether oxygens (including phenoxy) is 2. The van der Waals surface area contributed by atoms with Crippen LogP contribution in [0.25, 0.3) is 0 Å². The molecule has 3 heteroatoms. The van der Waals surface area contributed by atoms with E-state index < -0.39 is 0 Å². The van der Waals surface area contributed by atoms with E-state index in [4.69, 9.17) is 9.47 Å². The second kappa shape index (κ2) is 7.13. The van der Waals surface area contributed by atoms with Gasteiger partial charge in [0, 0.05) is 0 Å². The zero-order valence-corrected chi connectivity index (χ0v) is 12.0. The van der Waals surface area contributed by atoms with Gasteiger partial charge in [-0.05, 0) is 43.0 Å². The Labute approximate surface area is 120 Å². The molecule has 0 amide bonds. The Hall–Kier alpha value is -1.77. The van der Waals surface area contributed by atoms with Gasteiger partial charge in [0.05, 0.1) is 12.7 Å². The minimum absolute atomic E-state index is 0.176. The summed E-state index contributed by atoms with van der Waals surface area (Å²) in [4.78, 5) is 12.1. The van der Waals surface area contributed by atoms with E-state index in [-0.39, 0.29) is 12.1 Å². The van der Waals surface area contributed by atoms with E-state index in [0.717, 1.165) is 18.6 Å². The second-order valence-corrected chi connectivity index (χ2v) is 5.23. The van der Waals surface area contributed by atoms with E-state index in [2.05, 4.69) is 6.58 Å². The molecule has 0 radical (unpaired) electrons. The van der Waals surface area contributed by atoms with Gasteiger partial charge in [0.25, 0.3) is 0 Å². The van der Waals surface area contributed by atoms with Crippen LogP contribution in [0.3, 0.4) is 0 Å². The lowest BCUT2D eigenvalue weighted by atomic mass is 9.85. The van der Waals surface area contributed by atoms with Gasteiger partial charge >= 0.3 is 5.97 Å². The van der Waals surface area contributed by atoms with Gasteiger partial charge < -0.3 is 9.47 Å². The smallest absolute Gasteiger partial charge is 0.338 e. The van der Waals surface area contributed by atoms with Crippen LogP contribution in [0.15, 0.2) is 36.9 Å². The van der Waals surface area contributed by atoms with Crippen LogP contribution >= 0.6 is 0 Å². The molecule has 1 aromatic rings. The lowest BCUT2D eigenvalue weighted by Crippen LogP contribution is -2.26. The van der Waals surface area contributed by atoms with Crippen LogP contribution in [-0.2, 0) is 4.74 Å². The van der Waals surface area contributed by atoms with Crippen molar-refractivity contribution < 1.29 is 14.3 Å². The van der Waals surface area contributed by atoms with Gasteiger partial charge in [-0.2, -0.15) is 0 Å². The molecule has 1 fully saturated rings. The lowest BCUT2D eigenvalue weighted by molar-refractivity contribution is 0.0227. The average Bonchev–Trinajstić information content (AvgIpc) is 2.53. The van der Waals surface area contributed by atoms with Crippen molar-refractivity contribution in [1.82, 2.24) is 0 Å². The summed E-state index contributed by atoms with van der Waals surface area (Å²) >= 11 is 0. The normalized spacial score (nSPS) is 17.2. The molecule has 0 saturated heterocycles. The summed E-state index contributed by atoms with van der Waals surface area (Å²) in [5.74, 6) is 0.862. The molecule has 0 aliphatic heterocycles. The van der Waals surface area contributed by atoms with Crippen molar-refractivity contribution in [3.8, 4) is 5.75 Å². The van der Waals surface area contributed by atoms with Gasteiger partial charge in [-0.3, -0.25) is 0 Å². The van der Waals surface area contributed by atoms with Crippen molar-refractivity contribution in [1.29, 1.82) is 0 Å². The van der Waals surface area contributed by atoms with Crippen LogP contribution in [0.1, 0.15) is 42.5 Å². The molecule has 1 atom stereocenters. The summed E-state index contributed by atoms with van der Waals surface area (Å²) in [5.41, 5.74) is 0.549. The van der Waals surface area contributed by atoms with E-state index in [0.29, 0.717) is 11.5 Å². The Kier molecular flexibility index (Phi) is 5.22. The fourth-order valence-electron chi connectivity index (χ4n) is 2.72. The predicted molar refractivity (Wildman–Crippen MR) is 79.0 cm³/mol. The molecular formula is C17H22O3. The fraction of sp³-hybridized carbons (Fsp3) is 0.471. The Morgan fingerprint density at radius 1 is 1.25 bits per heavy atom. The molecule has 0 unspecified atom stereocenters. The maximum absolute atomic E-state index is 12.1. The van der Waals surface area contributed by atoms with Gasteiger partial charge in [0.1, 0.15) is 11.9 Å². The van der Waals surface area contributed by atoms with Gasteiger partial charge in [-0.25, -0.2) is 4.79 Å². The summed E-state index contributed by atoms with van der Waals surface area (Å²) in [5, 5.41) is 0. The SMILES string of the molecule is C=C[C@@H](OC(=O)c1ccc(OC)cc1)C1CCCCC1. The Morgan fingerprint density at radius 2 is 1.90 bits per heavy atom. The molecule has 0 bridgehead atoms. The minimum Gasteiger partial charge on any atom is -0.497 e. The largest absolute Gasteiger partial charge is 0.497 e. The van der Waals surface area contributed by atoms with Crippen LogP contribution in [0, 0.1) is 5.92 Å². The molecule has 1 saturated carbocycles. The molecule has 0 spiro atoms. The van der Waals surface area contributed by atoms with Gasteiger partial charge in [0.2, 0.25) is 0 Å². The number of rotatable bonds is 5. The Bertz CT molecular complexity index is 444. The third-order valence-electron chi connectivity index (χ3n) is 3.92. The van der Waals surface area contributed by atoms with Crippen LogP contribution < -0.4 is 4.74 Å². The van der Waals surface area contributed by atoms with Gasteiger partial charge in [-0.15, -0.1) is 0 Å². The number of esters is 1. The number of methoxy groups -OCH3 is 1. The summed E-state index contributed by atoms with van der Waals surface area (Å²) < 4.78 is 10.7. The van der Waals surface area contributed by atoms with E-state index in [1.54, 1.807) is 37.5 Å². The molecule has 20 heavy (non-hydrogen) atoms. The monoisotopic (exact) mass is 274 g/mol. The summed E-state index contributed by atoms with van der Waals surface area (Å²) in [6, 6.07) is 6.98. The maximum Gasteiger partial charge on any atom is 0.338 e. The van der Waals surface area contributed by atoms with Crippen molar-refractivity contribution in [2.24, 2.45) is 5.92 Å². The number of carbonyl (C=O) groups is 1. The minimum atomic E-state index is -0.289. The number of carbonyl (C=O) groups excluding carboxylic acids is 1. The van der Waals surface area contributed by atoms with Crippen molar-refractivity contribution in [3.63, 3.8) is 0 Å². The van der Waals surface area contributed by atoms with Crippen molar-refractivity contribution in [2.75, 3.05) is 7.11 Å². The van der Waals surface area contributed by atoms with E-state index in [1.165, 1.54) is 19.3 Å². The first-order valence-corrected chi connectivity index (χ1v) is 7.22. The van der Waals surface area contributed by atoms with Crippen LogP contribution in [0.4, 0.5) is 0 Å².